The summed E-state index contributed by atoms with van der Waals surface area (Å²) in [6, 6.07) is -5.65. The fraction of sp³-hybridized carbons (Fsp3) is 0.704. The summed E-state index contributed by atoms with van der Waals surface area (Å²) in [5.74, 6) is -25.2. The van der Waals surface area contributed by atoms with Crippen molar-refractivity contribution in [3.8, 4) is 0 Å². The van der Waals surface area contributed by atoms with Gasteiger partial charge in [0.15, 0.2) is 5.78 Å². The summed E-state index contributed by atoms with van der Waals surface area (Å²) in [5.41, 5.74) is 10.1. The zero-order chi connectivity index (χ0) is 89.2. The van der Waals surface area contributed by atoms with Crippen LogP contribution < -0.4 is 27.4 Å². The highest BCUT2D eigenvalue weighted by Gasteiger charge is 2.54. The van der Waals surface area contributed by atoms with Crippen molar-refractivity contribution in [3.63, 3.8) is 0 Å². The lowest BCUT2D eigenvalue weighted by molar-refractivity contribution is -0.265. The van der Waals surface area contributed by atoms with Crippen molar-refractivity contribution in [2.75, 3.05) is 77.2 Å². The van der Waals surface area contributed by atoms with Crippen LogP contribution in [0.25, 0.3) is 0 Å². The maximum atomic E-state index is 15.0. The van der Waals surface area contributed by atoms with E-state index in [-0.39, 0.29) is 92.6 Å². The molecule has 0 aromatic heterocycles. The highest BCUT2D eigenvalue weighted by atomic mass is 32.2. The van der Waals surface area contributed by atoms with Crippen LogP contribution in [0.3, 0.4) is 0 Å². The number of carbonyl (C=O) groups excluding carboxylic acids is 12. The molecule has 2 bridgehead atoms. The van der Waals surface area contributed by atoms with Crippen LogP contribution in [0.1, 0.15) is 165 Å². The number of cyclic esters (lactones) is 1. The molecule has 3 heterocycles. The van der Waals surface area contributed by atoms with Crippen molar-refractivity contribution >= 4 is 118 Å². The van der Waals surface area contributed by atoms with Crippen LogP contribution in [0.2, 0.25) is 0 Å². The number of carboxylic acid groups (broad SMARTS) is 4. The Balaban J connectivity index is 1.67. The number of carboxylic acids is 4. The number of ether oxygens (including phenoxy) is 8. The summed E-state index contributed by atoms with van der Waals surface area (Å²) < 4.78 is 47.4. The molecule has 4 rings (SSSR count). The third-order valence-electron chi connectivity index (χ3n) is 21.7. The summed E-state index contributed by atoms with van der Waals surface area (Å²) in [6.45, 7) is 9.83. The molecule has 36 nitrogen and oxygen atoms in total. The molecule has 13 N–H and O–H groups in total. The molecule has 3 aliphatic heterocycles. The normalized spacial score (nSPS) is 28.6. The molecule has 0 aromatic carbocycles. The van der Waals surface area contributed by atoms with Crippen LogP contribution in [-0.2, 0) is 115 Å². The van der Waals surface area contributed by atoms with Gasteiger partial charge >= 0.3 is 47.8 Å². The predicted molar refractivity (Wildman–Crippen MR) is 430 cm³/mol. The van der Waals surface area contributed by atoms with Gasteiger partial charge in [-0.25, -0.2) is 4.79 Å². The summed E-state index contributed by atoms with van der Waals surface area (Å²) in [5, 5.41) is 67.3. The van der Waals surface area contributed by atoms with Crippen molar-refractivity contribution in [2.45, 2.75) is 237 Å². The number of methoxy groups -OCH3 is 3. The second-order valence-corrected chi connectivity index (χ2v) is 33.7. The molecule has 1 saturated carbocycles. The first-order valence-electron chi connectivity index (χ1n) is 39.9. The number of aliphatic hydroxyl groups excluding tert-OH is 1. The fourth-order valence-corrected chi connectivity index (χ4v) is 16.0. The predicted octanol–water partition coefficient (Wildman–Crippen LogP) is 3.14. The van der Waals surface area contributed by atoms with Crippen LogP contribution in [0, 0.1) is 46.8 Å². The van der Waals surface area contributed by atoms with E-state index in [4.69, 9.17) is 49.4 Å². The Morgan fingerprint density at radius 3 is 1.93 bits per heavy atom. The molecule has 0 radical (unpaired) electrons. The van der Waals surface area contributed by atoms with E-state index in [2.05, 4.69) is 16.0 Å². The zero-order valence-corrected chi connectivity index (χ0v) is 71.3. The van der Waals surface area contributed by atoms with E-state index in [1.807, 2.05) is 44.2 Å². The number of aliphatic carboxylic acids is 4. The van der Waals surface area contributed by atoms with Gasteiger partial charge in [0.05, 0.1) is 35.7 Å². The van der Waals surface area contributed by atoms with Gasteiger partial charge in [-0.2, -0.15) is 0 Å². The van der Waals surface area contributed by atoms with Crippen molar-refractivity contribution in [1.29, 1.82) is 0 Å². The number of Topliss-reactive ketones (excluding diaryl/α,β-unsaturated/α-hetero) is 4. The number of allylic oxidation sites excluding steroid dienone is 6. The molecule has 0 aromatic rings. The molecule has 38 heteroatoms. The highest BCUT2D eigenvalue weighted by Crippen LogP contribution is 2.39. The molecule has 1 aliphatic carbocycles. The second-order valence-electron chi connectivity index (χ2n) is 31.6. The number of rotatable bonds is 37. The molecule has 119 heavy (non-hydrogen) atoms. The Hall–Kier alpha value is -8.34. The van der Waals surface area contributed by atoms with Gasteiger partial charge in [0, 0.05) is 89.2 Å². The smallest absolute Gasteiger partial charge is 0.329 e. The van der Waals surface area contributed by atoms with E-state index in [9.17, 15) is 107 Å². The third-order valence-corrected chi connectivity index (χ3v) is 23.8. The molecule has 3 fully saturated rings. The number of aliphatic hydroxyl groups is 2. The first kappa shape index (κ1) is 103. The summed E-state index contributed by atoms with van der Waals surface area (Å²) >= 11 is 1.50. The van der Waals surface area contributed by atoms with E-state index < -0.39 is 253 Å². The van der Waals surface area contributed by atoms with Crippen LogP contribution in [-0.4, -0.2) is 280 Å². The second kappa shape index (κ2) is 50.8. The van der Waals surface area contributed by atoms with Gasteiger partial charge in [0.25, 0.3) is 11.7 Å². The van der Waals surface area contributed by atoms with Crippen LogP contribution in [0.15, 0.2) is 47.6 Å². The van der Waals surface area contributed by atoms with Gasteiger partial charge in [-0.15, -0.1) is 23.5 Å². The van der Waals surface area contributed by atoms with E-state index in [1.165, 1.54) is 34.3 Å². The lowest BCUT2D eigenvalue weighted by atomic mass is 9.78. The van der Waals surface area contributed by atoms with E-state index >= 15 is 0 Å². The number of thioether (sulfide) groups is 2. The number of fused-ring (bicyclic) bond motifs is 3. The van der Waals surface area contributed by atoms with Crippen molar-refractivity contribution in [1.82, 2.24) is 20.9 Å². The molecule has 668 valence electrons. The molecule has 2 unspecified atom stereocenters. The molecule has 2 saturated heterocycles. The molecule has 0 spiro atoms. The molecular formula is C81H122N6O30S2. The number of nitrogens with zero attached hydrogens (tertiary/aromatic N) is 1. The summed E-state index contributed by atoms with van der Waals surface area (Å²) in [4.78, 5) is 213. The lowest BCUT2D eigenvalue weighted by Gasteiger charge is -2.42. The molecule has 20 atom stereocenters. The molecule has 4 aliphatic rings. The minimum Gasteiger partial charge on any atom is -0.480 e. The number of ketones is 4. The molecular weight excluding hydrogens is 1600 g/mol. The SMILES string of the molecule is CO[C@H]1C[C@@H]2CC[C@@H](C)[C@@](O)(O2)C(=O)C(=O)N2CCCC[C@H]2C(=O)OC([C@H](C)C[C@@H]2CC[C@@H](OC(=O)C(C)(COC(=O)CSC[C@H](CC(=O)CC[C@H](N)C(=O)O)C(=O)NCC(=O)O)COC(=O)CSC[C@H](NC(=O)CC[C@H](N)C(=O)O)C(=O)NCC(=O)O)[C@H](OC)C2)CC(=O)[C@H](C)/C=C(\C)[C@@H](O)[C@@H](OC)C(=O)[C@H](C)C[C@@H](C)\C=C/C=C/C=C/1C. The molecule has 4 amide bonds. The van der Waals surface area contributed by atoms with Gasteiger partial charge in [-0.1, -0.05) is 71.1 Å². The number of hydrogen-bond acceptors (Lipinski definition) is 30. The van der Waals surface area contributed by atoms with Crippen molar-refractivity contribution in [2.24, 2.45) is 58.3 Å². The Morgan fingerprint density at radius 1 is 0.723 bits per heavy atom. The number of hydrogen-bond donors (Lipinski definition) is 11. The number of carbonyl (C=O) groups is 16. The van der Waals surface area contributed by atoms with Crippen LogP contribution >= 0.6 is 23.5 Å². The average Bonchev–Trinajstić information content (AvgIpc) is 0.772. The quantitative estimate of drug-likeness (QED) is 0.0184. The number of esters is 4. The topological polar surface area (TPSA) is 560 Å². The van der Waals surface area contributed by atoms with Crippen LogP contribution in [0.5, 0.6) is 0 Å². The maximum Gasteiger partial charge on any atom is 0.329 e. The van der Waals surface area contributed by atoms with Gasteiger partial charge < -0.3 is 101 Å². The van der Waals surface area contributed by atoms with E-state index in [0.717, 1.165) is 34.0 Å². The van der Waals surface area contributed by atoms with E-state index in [0.29, 0.717) is 38.5 Å². The van der Waals surface area contributed by atoms with E-state index in [1.54, 1.807) is 34.6 Å². The minimum absolute atomic E-state index is 0.0472. The first-order valence-corrected chi connectivity index (χ1v) is 42.2. The minimum atomic E-state index is -2.59. The van der Waals surface area contributed by atoms with Gasteiger partial charge in [-0.3, -0.25) is 71.9 Å². The van der Waals surface area contributed by atoms with Gasteiger partial charge in [-0.05, 0) is 127 Å². The third kappa shape index (κ3) is 33.9. The lowest BCUT2D eigenvalue weighted by Crippen LogP contribution is -2.61. The fourth-order valence-electron chi connectivity index (χ4n) is 14.3. The monoisotopic (exact) mass is 1720 g/mol. The number of nitrogens with two attached hydrogens (primary N) is 2. The van der Waals surface area contributed by atoms with Gasteiger partial charge in [0.2, 0.25) is 23.5 Å². The standard InChI is InChI=1S/C81H122N6O30S2/c1-44-17-13-12-14-18-45(2)61(110-9)34-54-23-20-50(7)81(109,117-54)72(99)75(102)87-28-16-15-19-58(87)78(107)115-62(35-59(89)46(3)30-49(6)70(98)71(112-11)69(97)48(5)29-44)47(4)31-51-21-26-60(63(32-51)111-10)116-79(108)80(8,42-113-67(95)40-118-38-52(73(100)84-36-65(91)92)33-53(88)22-24-55(82)76(103)104)43-114-68(96)41-119-39-57(74(101)85-37-66(93)94)86-64(90)27-25-56(83)77(105)106/h12-14,17-18,30,44,46-48,50-52,54-58,60-63,70-71,98,109H,15-16,19-29,31-43,82-83H2,1-11H3,(H,84,100)(H,85,101)(H,86,90)(H,91,92)(H,93,94)(H,103,104)(H,105,106)/b14-12+,17-13-,45-18+,49-30+/t44-,46+,47+,48+,50+,51-,52-,54-,55-,56-,57-,58-,60+,61-,62?,63+,70+,71-,80?,81+/m0/s1. The van der Waals surface area contributed by atoms with Gasteiger partial charge in [0.1, 0.15) is 91.9 Å². The first-order chi connectivity index (χ1) is 56.0. The Labute approximate surface area is 701 Å². The van der Waals surface area contributed by atoms with Crippen molar-refractivity contribution < 1.29 is 145 Å². The van der Waals surface area contributed by atoms with Crippen LogP contribution in [0.4, 0.5) is 0 Å². The Morgan fingerprint density at radius 2 is 1.34 bits per heavy atom. The Kier molecular flexibility index (Phi) is 44.0. The maximum absolute atomic E-state index is 15.0. The Bertz CT molecular complexity index is 3570. The number of amides is 4. The number of piperidine rings is 1. The summed E-state index contributed by atoms with van der Waals surface area (Å²) in [6.07, 6.45) is 4.25. The average molecular weight is 1720 g/mol. The largest absolute Gasteiger partial charge is 0.480 e. The summed E-state index contributed by atoms with van der Waals surface area (Å²) in [7, 11) is 4.18. The zero-order valence-electron chi connectivity index (χ0n) is 69.6. The highest BCUT2D eigenvalue weighted by molar-refractivity contribution is 8.00. The van der Waals surface area contributed by atoms with Crippen molar-refractivity contribution in [3.05, 3.63) is 47.6 Å². The number of nitrogens with one attached hydrogen (secondary N) is 3.